The highest BCUT2D eigenvalue weighted by Gasteiger charge is 2.22. The van der Waals surface area contributed by atoms with Gasteiger partial charge in [-0.05, 0) is 55.8 Å². The molecule has 0 saturated carbocycles. The molecule has 0 fully saturated rings. The van der Waals surface area contributed by atoms with E-state index in [1.54, 1.807) is 0 Å². The van der Waals surface area contributed by atoms with E-state index in [2.05, 4.69) is 45.6 Å². The average molecular weight is 391 g/mol. The van der Waals surface area contributed by atoms with Crippen LogP contribution in [0.3, 0.4) is 0 Å². The molecule has 1 aromatic heterocycles. The van der Waals surface area contributed by atoms with Crippen LogP contribution in [0.2, 0.25) is 5.02 Å². The summed E-state index contributed by atoms with van der Waals surface area (Å²) in [5.74, 6) is 0. The second-order valence-electron chi connectivity index (χ2n) is 8.53. The molecule has 0 aliphatic rings. The molecular formula is C23H35ClN2O. The first kappa shape index (κ1) is 22.1. The highest BCUT2D eigenvalue weighted by atomic mass is 35.5. The molecule has 4 heteroatoms. The van der Waals surface area contributed by atoms with Crippen LogP contribution in [0.5, 0.6) is 0 Å². The summed E-state index contributed by atoms with van der Waals surface area (Å²) in [5, 5.41) is 12.8. The van der Waals surface area contributed by atoms with Gasteiger partial charge in [0, 0.05) is 28.1 Å². The number of hydrogen-bond donors (Lipinski definition) is 1. The van der Waals surface area contributed by atoms with E-state index in [4.69, 9.17) is 16.6 Å². The van der Waals surface area contributed by atoms with Crippen molar-refractivity contribution in [2.75, 3.05) is 19.6 Å². The fourth-order valence-electron chi connectivity index (χ4n) is 3.28. The summed E-state index contributed by atoms with van der Waals surface area (Å²) in [6, 6.07) is 7.82. The SMILES string of the molecule is CCCCN(CCCC)CC(O)c1cc(C(C)(C)C)nc2ccc(Cl)cc12. The Morgan fingerprint density at radius 2 is 1.70 bits per heavy atom. The number of hydrogen-bond acceptors (Lipinski definition) is 3. The van der Waals surface area contributed by atoms with Gasteiger partial charge in [0.05, 0.1) is 11.6 Å². The van der Waals surface area contributed by atoms with E-state index < -0.39 is 6.10 Å². The smallest absolute Gasteiger partial charge is 0.0924 e. The molecule has 0 radical (unpaired) electrons. The Kier molecular flexibility index (Phi) is 8.08. The van der Waals surface area contributed by atoms with Crippen LogP contribution in [0.25, 0.3) is 10.9 Å². The molecule has 1 unspecified atom stereocenters. The van der Waals surface area contributed by atoms with Crippen molar-refractivity contribution in [2.45, 2.75) is 71.8 Å². The van der Waals surface area contributed by atoms with Crippen molar-refractivity contribution in [3.05, 3.63) is 40.5 Å². The number of benzene rings is 1. The highest BCUT2D eigenvalue weighted by molar-refractivity contribution is 6.31. The monoisotopic (exact) mass is 390 g/mol. The van der Waals surface area contributed by atoms with Crippen molar-refractivity contribution in [2.24, 2.45) is 0 Å². The zero-order chi connectivity index (χ0) is 20.0. The molecule has 0 aliphatic carbocycles. The molecule has 0 bridgehead atoms. The van der Waals surface area contributed by atoms with Crippen molar-refractivity contribution in [3.8, 4) is 0 Å². The predicted molar refractivity (Wildman–Crippen MR) is 117 cm³/mol. The third-order valence-corrected chi connectivity index (χ3v) is 5.25. The molecule has 150 valence electrons. The zero-order valence-corrected chi connectivity index (χ0v) is 18.3. The molecule has 0 amide bonds. The third-order valence-electron chi connectivity index (χ3n) is 5.02. The van der Waals surface area contributed by atoms with Gasteiger partial charge < -0.3 is 10.0 Å². The maximum absolute atomic E-state index is 11.2. The summed E-state index contributed by atoms with van der Waals surface area (Å²) in [6.45, 7) is 13.6. The largest absolute Gasteiger partial charge is 0.387 e. The number of pyridine rings is 1. The quantitative estimate of drug-likeness (QED) is 0.560. The van der Waals surface area contributed by atoms with Crippen molar-refractivity contribution in [1.29, 1.82) is 0 Å². The summed E-state index contributed by atoms with van der Waals surface area (Å²) in [6.07, 6.45) is 4.10. The van der Waals surface area contributed by atoms with E-state index in [9.17, 15) is 5.11 Å². The first-order valence-electron chi connectivity index (χ1n) is 10.3. The number of aliphatic hydroxyl groups is 1. The maximum Gasteiger partial charge on any atom is 0.0924 e. The van der Waals surface area contributed by atoms with Gasteiger partial charge >= 0.3 is 0 Å². The lowest BCUT2D eigenvalue weighted by Gasteiger charge is -2.27. The maximum atomic E-state index is 11.2. The minimum Gasteiger partial charge on any atom is -0.387 e. The Labute approximate surface area is 169 Å². The minimum atomic E-state index is -0.552. The van der Waals surface area contributed by atoms with Crippen LogP contribution in [0.4, 0.5) is 0 Å². The molecule has 27 heavy (non-hydrogen) atoms. The molecule has 0 aliphatic heterocycles. The summed E-state index contributed by atoms with van der Waals surface area (Å²) < 4.78 is 0. The van der Waals surface area contributed by atoms with Crippen LogP contribution in [-0.4, -0.2) is 34.6 Å². The van der Waals surface area contributed by atoms with Gasteiger partial charge in [0.25, 0.3) is 0 Å². The van der Waals surface area contributed by atoms with E-state index in [1.807, 2.05) is 18.2 Å². The van der Waals surface area contributed by atoms with Gasteiger partial charge in [-0.1, -0.05) is 59.1 Å². The van der Waals surface area contributed by atoms with E-state index in [0.717, 1.165) is 48.1 Å². The van der Waals surface area contributed by atoms with E-state index in [1.165, 1.54) is 12.8 Å². The summed E-state index contributed by atoms with van der Waals surface area (Å²) in [5.41, 5.74) is 2.76. The zero-order valence-electron chi connectivity index (χ0n) is 17.6. The van der Waals surface area contributed by atoms with Crippen LogP contribution in [0.1, 0.15) is 77.7 Å². The second kappa shape index (κ2) is 9.86. The number of nitrogens with zero attached hydrogens (tertiary/aromatic N) is 2. The van der Waals surface area contributed by atoms with Crippen molar-refractivity contribution in [3.63, 3.8) is 0 Å². The summed E-state index contributed by atoms with van der Waals surface area (Å²) >= 11 is 6.25. The number of fused-ring (bicyclic) bond motifs is 1. The first-order chi connectivity index (χ1) is 12.8. The van der Waals surface area contributed by atoms with Gasteiger partial charge in [0.1, 0.15) is 0 Å². The molecule has 0 saturated heterocycles. The average Bonchev–Trinajstić information content (AvgIpc) is 2.62. The van der Waals surface area contributed by atoms with Crippen molar-refractivity contribution in [1.82, 2.24) is 9.88 Å². The van der Waals surface area contributed by atoms with Crippen LogP contribution in [0.15, 0.2) is 24.3 Å². The lowest BCUT2D eigenvalue weighted by Crippen LogP contribution is -2.31. The summed E-state index contributed by atoms with van der Waals surface area (Å²) in [7, 11) is 0. The van der Waals surface area contributed by atoms with Crippen molar-refractivity contribution < 1.29 is 5.11 Å². The number of rotatable bonds is 9. The normalized spacial score (nSPS) is 13.5. The molecule has 1 aromatic carbocycles. The van der Waals surface area contributed by atoms with E-state index >= 15 is 0 Å². The Balaban J connectivity index is 2.39. The molecule has 2 aromatic rings. The Bertz CT molecular complexity index is 731. The number of aliphatic hydroxyl groups excluding tert-OH is 1. The predicted octanol–water partition coefficient (Wildman–Crippen LogP) is 6.12. The fourth-order valence-corrected chi connectivity index (χ4v) is 3.46. The Morgan fingerprint density at radius 3 is 2.26 bits per heavy atom. The first-order valence-corrected chi connectivity index (χ1v) is 10.6. The second-order valence-corrected chi connectivity index (χ2v) is 8.97. The van der Waals surface area contributed by atoms with Crippen LogP contribution < -0.4 is 0 Å². The minimum absolute atomic E-state index is 0.0770. The number of halogens is 1. The van der Waals surface area contributed by atoms with Gasteiger partial charge in [-0.2, -0.15) is 0 Å². The lowest BCUT2D eigenvalue weighted by atomic mass is 9.89. The number of aromatic nitrogens is 1. The Hall–Kier alpha value is -1.16. The molecular weight excluding hydrogens is 356 g/mol. The fraction of sp³-hybridized carbons (Fsp3) is 0.609. The molecule has 0 spiro atoms. The Morgan fingerprint density at radius 1 is 1.07 bits per heavy atom. The highest BCUT2D eigenvalue weighted by Crippen LogP contribution is 2.31. The molecule has 2 rings (SSSR count). The molecule has 1 atom stereocenters. The van der Waals surface area contributed by atoms with Crippen molar-refractivity contribution >= 4 is 22.5 Å². The van der Waals surface area contributed by atoms with Gasteiger partial charge in [-0.3, -0.25) is 4.98 Å². The van der Waals surface area contributed by atoms with Gasteiger partial charge in [0.2, 0.25) is 0 Å². The van der Waals surface area contributed by atoms with Gasteiger partial charge in [-0.25, -0.2) is 0 Å². The van der Waals surface area contributed by atoms with Crippen LogP contribution >= 0.6 is 11.6 Å². The third kappa shape index (κ3) is 6.17. The van der Waals surface area contributed by atoms with E-state index in [-0.39, 0.29) is 5.41 Å². The van der Waals surface area contributed by atoms with E-state index in [0.29, 0.717) is 11.6 Å². The number of unbranched alkanes of at least 4 members (excludes halogenated alkanes) is 2. The lowest BCUT2D eigenvalue weighted by molar-refractivity contribution is 0.112. The van der Waals surface area contributed by atoms with Gasteiger partial charge in [-0.15, -0.1) is 0 Å². The molecule has 1 heterocycles. The molecule has 3 nitrogen and oxygen atoms in total. The van der Waals surface area contributed by atoms with Gasteiger partial charge in [0.15, 0.2) is 0 Å². The topological polar surface area (TPSA) is 36.4 Å². The molecule has 1 N–H and O–H groups in total. The standard InChI is InChI=1S/C23H35ClN2O/c1-6-8-12-26(13-9-7-2)16-21(27)19-15-22(23(3,4)5)25-20-11-10-17(24)14-18(19)20/h10-11,14-15,21,27H,6-9,12-13,16H2,1-5H3. The van der Waals surface area contributed by atoms with Crippen LogP contribution in [0, 0.1) is 0 Å². The van der Waals surface area contributed by atoms with Crippen LogP contribution in [-0.2, 0) is 5.41 Å². The summed E-state index contributed by atoms with van der Waals surface area (Å²) in [4.78, 5) is 7.22.